The molecule has 1 aliphatic rings. The molecule has 0 amide bonds. The first-order valence-electron chi connectivity index (χ1n) is 6.72. The van der Waals surface area contributed by atoms with Gasteiger partial charge in [-0.2, -0.15) is 0 Å². The highest BCUT2D eigenvalue weighted by atomic mass is 32.2. The largest absolute Gasteiger partial charge is 0.399 e. The highest BCUT2D eigenvalue weighted by Crippen LogP contribution is 2.27. The summed E-state index contributed by atoms with van der Waals surface area (Å²) in [6.45, 7) is 0.521. The number of nitrogens with two attached hydrogens (primary N) is 2. The average molecular weight is 299 g/mol. The van der Waals surface area contributed by atoms with Crippen molar-refractivity contribution in [3.05, 3.63) is 18.2 Å². The lowest BCUT2D eigenvalue weighted by Gasteiger charge is -2.28. The molecule has 0 heterocycles. The third-order valence-electron chi connectivity index (χ3n) is 3.74. The molecule has 1 fully saturated rings. The standard InChI is InChI=1S/C13H21N3O3S/c14-10-5-6-11(13(7-10)20(15,18)19)16-8-9-3-1-2-4-12(9)17/h5-7,9,12,16-17H,1-4,8,14H2,(H2,15,18,19). The molecule has 0 radical (unpaired) electrons. The third kappa shape index (κ3) is 3.62. The topological polar surface area (TPSA) is 118 Å². The molecule has 1 aliphatic carbocycles. The molecule has 2 unspecified atom stereocenters. The summed E-state index contributed by atoms with van der Waals surface area (Å²) < 4.78 is 23.1. The fourth-order valence-electron chi connectivity index (χ4n) is 2.59. The van der Waals surface area contributed by atoms with Gasteiger partial charge in [-0.05, 0) is 31.0 Å². The number of anilines is 2. The normalized spacial score (nSPS) is 23.5. The van der Waals surface area contributed by atoms with Crippen LogP contribution in [0, 0.1) is 5.92 Å². The SMILES string of the molecule is Nc1ccc(NCC2CCCCC2O)c(S(N)(=O)=O)c1. The van der Waals surface area contributed by atoms with Crippen LogP contribution in [0.3, 0.4) is 0 Å². The number of hydrogen-bond acceptors (Lipinski definition) is 5. The lowest BCUT2D eigenvalue weighted by atomic mass is 9.86. The summed E-state index contributed by atoms with van der Waals surface area (Å²) in [6.07, 6.45) is 3.54. The Kier molecular flexibility index (Phi) is 4.52. The zero-order valence-corrected chi connectivity index (χ0v) is 12.1. The van der Waals surface area contributed by atoms with Crippen molar-refractivity contribution in [3.63, 3.8) is 0 Å². The Balaban J connectivity index is 2.13. The Labute approximate surface area is 119 Å². The molecule has 0 bridgehead atoms. The number of primary sulfonamides is 1. The van der Waals surface area contributed by atoms with Crippen molar-refractivity contribution in [3.8, 4) is 0 Å². The molecule has 6 N–H and O–H groups in total. The van der Waals surface area contributed by atoms with Crippen molar-refractivity contribution < 1.29 is 13.5 Å². The van der Waals surface area contributed by atoms with Crippen LogP contribution in [-0.2, 0) is 10.0 Å². The van der Waals surface area contributed by atoms with E-state index in [1.165, 1.54) is 6.07 Å². The van der Waals surface area contributed by atoms with Gasteiger partial charge in [0.05, 0.1) is 11.8 Å². The van der Waals surface area contributed by atoms with Crippen molar-refractivity contribution in [2.24, 2.45) is 11.1 Å². The van der Waals surface area contributed by atoms with E-state index >= 15 is 0 Å². The van der Waals surface area contributed by atoms with Gasteiger partial charge in [0.1, 0.15) is 4.90 Å². The van der Waals surface area contributed by atoms with Crippen molar-refractivity contribution in [1.82, 2.24) is 0 Å². The maximum atomic E-state index is 11.6. The van der Waals surface area contributed by atoms with Crippen molar-refractivity contribution in [1.29, 1.82) is 0 Å². The first kappa shape index (κ1) is 15.1. The Morgan fingerprint density at radius 2 is 2.00 bits per heavy atom. The predicted molar refractivity (Wildman–Crippen MR) is 78.7 cm³/mol. The van der Waals surface area contributed by atoms with Gasteiger partial charge in [0.25, 0.3) is 0 Å². The van der Waals surface area contributed by atoms with Gasteiger partial charge in [0.15, 0.2) is 0 Å². The number of nitrogens with one attached hydrogen (secondary N) is 1. The minimum absolute atomic E-state index is 0.0113. The fourth-order valence-corrected chi connectivity index (χ4v) is 3.33. The van der Waals surface area contributed by atoms with Gasteiger partial charge in [-0.3, -0.25) is 0 Å². The summed E-state index contributed by atoms with van der Waals surface area (Å²) >= 11 is 0. The number of rotatable bonds is 4. The molecule has 2 rings (SSSR count). The zero-order chi connectivity index (χ0) is 14.8. The lowest BCUT2D eigenvalue weighted by Crippen LogP contribution is -2.30. The van der Waals surface area contributed by atoms with E-state index in [0.717, 1.165) is 25.7 Å². The number of nitrogen functional groups attached to an aromatic ring is 1. The van der Waals surface area contributed by atoms with Crippen LogP contribution >= 0.6 is 0 Å². The van der Waals surface area contributed by atoms with Gasteiger partial charge in [-0.1, -0.05) is 12.8 Å². The summed E-state index contributed by atoms with van der Waals surface area (Å²) in [5.74, 6) is 0.134. The third-order valence-corrected chi connectivity index (χ3v) is 4.69. The van der Waals surface area contributed by atoms with E-state index in [-0.39, 0.29) is 16.9 Å². The first-order valence-corrected chi connectivity index (χ1v) is 8.27. The van der Waals surface area contributed by atoms with E-state index in [9.17, 15) is 13.5 Å². The number of hydrogen-bond donors (Lipinski definition) is 4. The van der Waals surface area contributed by atoms with Crippen molar-refractivity contribution in [2.45, 2.75) is 36.7 Å². The summed E-state index contributed by atoms with van der Waals surface area (Å²) in [5.41, 5.74) is 6.37. The summed E-state index contributed by atoms with van der Waals surface area (Å²) in [6, 6.07) is 4.56. The number of aliphatic hydroxyl groups is 1. The van der Waals surface area contributed by atoms with Crippen LogP contribution in [0.1, 0.15) is 25.7 Å². The zero-order valence-electron chi connectivity index (χ0n) is 11.2. The van der Waals surface area contributed by atoms with Crippen molar-refractivity contribution >= 4 is 21.4 Å². The van der Waals surface area contributed by atoms with E-state index in [2.05, 4.69) is 5.32 Å². The highest BCUT2D eigenvalue weighted by molar-refractivity contribution is 7.89. The molecule has 1 aromatic rings. The van der Waals surface area contributed by atoms with Crippen molar-refractivity contribution in [2.75, 3.05) is 17.6 Å². The minimum Gasteiger partial charge on any atom is -0.399 e. The summed E-state index contributed by atoms with van der Waals surface area (Å²) in [7, 11) is -3.83. The average Bonchev–Trinajstić information content (AvgIpc) is 2.38. The molecule has 0 spiro atoms. The van der Waals surface area contributed by atoms with Crippen LogP contribution < -0.4 is 16.2 Å². The molecule has 0 aromatic heterocycles. The maximum Gasteiger partial charge on any atom is 0.240 e. The molecule has 0 aliphatic heterocycles. The maximum absolute atomic E-state index is 11.6. The van der Waals surface area contributed by atoms with Gasteiger partial charge in [0, 0.05) is 18.2 Å². The Morgan fingerprint density at radius 1 is 1.30 bits per heavy atom. The van der Waals surface area contributed by atoms with Crippen LogP contribution in [-0.4, -0.2) is 26.2 Å². The molecule has 2 atom stereocenters. The van der Waals surface area contributed by atoms with Gasteiger partial charge in [0.2, 0.25) is 10.0 Å². The molecule has 7 heteroatoms. The Hall–Kier alpha value is -1.31. The first-order chi connectivity index (χ1) is 9.38. The number of aliphatic hydroxyl groups excluding tert-OH is 1. The second-order valence-corrected chi connectivity index (χ2v) is 6.82. The van der Waals surface area contributed by atoms with Crippen LogP contribution in [0.25, 0.3) is 0 Å². The second kappa shape index (κ2) is 5.99. The summed E-state index contributed by atoms with van der Waals surface area (Å²) in [4.78, 5) is -0.0113. The van der Waals surface area contributed by atoms with E-state index in [1.54, 1.807) is 12.1 Å². The number of benzene rings is 1. The molecular formula is C13H21N3O3S. The number of sulfonamides is 1. The van der Waals surface area contributed by atoms with Crippen LogP contribution in [0.5, 0.6) is 0 Å². The van der Waals surface area contributed by atoms with Crippen LogP contribution in [0.2, 0.25) is 0 Å². The monoisotopic (exact) mass is 299 g/mol. The molecule has 0 saturated heterocycles. The summed E-state index contributed by atoms with van der Waals surface area (Å²) in [5, 5.41) is 18.2. The predicted octanol–water partition coefficient (Wildman–Crippen LogP) is 0.879. The quantitative estimate of drug-likeness (QED) is 0.615. The van der Waals surface area contributed by atoms with E-state index < -0.39 is 10.0 Å². The highest BCUT2D eigenvalue weighted by Gasteiger charge is 2.23. The van der Waals surface area contributed by atoms with E-state index in [0.29, 0.717) is 17.9 Å². The smallest absolute Gasteiger partial charge is 0.240 e. The van der Waals surface area contributed by atoms with E-state index in [4.69, 9.17) is 10.9 Å². The Bertz CT molecular complexity index is 574. The molecule has 1 aromatic carbocycles. The molecule has 6 nitrogen and oxygen atoms in total. The molecule has 20 heavy (non-hydrogen) atoms. The van der Waals surface area contributed by atoms with Gasteiger partial charge < -0.3 is 16.2 Å². The Morgan fingerprint density at radius 3 is 2.65 bits per heavy atom. The molecule has 1 saturated carbocycles. The van der Waals surface area contributed by atoms with Crippen LogP contribution in [0.15, 0.2) is 23.1 Å². The van der Waals surface area contributed by atoms with Gasteiger partial charge in [-0.15, -0.1) is 0 Å². The fraction of sp³-hybridized carbons (Fsp3) is 0.538. The van der Waals surface area contributed by atoms with Crippen LogP contribution in [0.4, 0.5) is 11.4 Å². The van der Waals surface area contributed by atoms with Gasteiger partial charge >= 0.3 is 0 Å². The minimum atomic E-state index is -3.83. The molecular weight excluding hydrogens is 278 g/mol. The van der Waals surface area contributed by atoms with Gasteiger partial charge in [-0.25, -0.2) is 13.6 Å². The molecule has 112 valence electrons. The van der Waals surface area contributed by atoms with E-state index in [1.807, 2.05) is 0 Å². The second-order valence-electron chi connectivity index (χ2n) is 5.29. The lowest BCUT2D eigenvalue weighted by molar-refractivity contribution is 0.0763.